The van der Waals surface area contributed by atoms with Crippen LogP contribution in [0.25, 0.3) is 39.0 Å². The van der Waals surface area contributed by atoms with Gasteiger partial charge in [0.25, 0.3) is 0 Å². The lowest BCUT2D eigenvalue weighted by atomic mass is 9.73. The normalized spacial score (nSPS) is 14.4. The zero-order valence-corrected chi connectivity index (χ0v) is 32.8. The van der Waals surface area contributed by atoms with Crippen LogP contribution in [0.3, 0.4) is 0 Å². The smallest absolute Gasteiger partial charge is 0.187 e. The molecule has 8 aromatic rings. The lowest BCUT2D eigenvalue weighted by Gasteiger charge is -2.42. The van der Waals surface area contributed by atoms with Gasteiger partial charge in [0, 0.05) is 38.9 Å². The minimum atomic E-state index is -0.133. The van der Waals surface area contributed by atoms with Crippen LogP contribution in [0.5, 0.6) is 0 Å². The molecule has 1 aromatic heterocycles. The Labute approximate surface area is 339 Å². The maximum absolute atomic E-state index is 7.47. The standard InChI is InChI=1S/C52H40N6/c1-51(2)40-14-6-10-18-44(40)57(45-19-11-7-15-41(45)51)38-30-24-35(25-31-38)49-54-48(34-22-28-37(53-5)29-23-34)55-50(56-49)36-26-32-39(33-27-36)58-46-20-12-8-16-42(46)52(3,4)43-17-9-13-21-47(43)58/h6-33H,1-4H3. The van der Waals surface area contributed by atoms with E-state index in [0.29, 0.717) is 23.2 Å². The number of fused-ring (bicyclic) bond motifs is 4. The molecule has 10 rings (SSSR count). The van der Waals surface area contributed by atoms with Crippen LogP contribution in [0, 0.1) is 6.57 Å². The number of aromatic nitrogens is 3. The van der Waals surface area contributed by atoms with Crippen molar-refractivity contribution < 1.29 is 0 Å². The van der Waals surface area contributed by atoms with Gasteiger partial charge < -0.3 is 9.80 Å². The van der Waals surface area contributed by atoms with Gasteiger partial charge in [-0.25, -0.2) is 19.8 Å². The van der Waals surface area contributed by atoms with Gasteiger partial charge >= 0.3 is 0 Å². The second kappa shape index (κ2) is 13.4. The summed E-state index contributed by atoms with van der Waals surface area (Å²) in [6.45, 7) is 16.7. The first kappa shape index (κ1) is 35.1. The van der Waals surface area contributed by atoms with Gasteiger partial charge in [-0.3, -0.25) is 0 Å². The molecule has 2 aliphatic rings. The van der Waals surface area contributed by atoms with Crippen molar-refractivity contribution in [3.63, 3.8) is 0 Å². The summed E-state index contributed by atoms with van der Waals surface area (Å²) in [7, 11) is 0. The molecule has 6 nitrogen and oxygen atoms in total. The predicted molar refractivity (Wildman–Crippen MR) is 236 cm³/mol. The van der Waals surface area contributed by atoms with Crippen molar-refractivity contribution in [1.29, 1.82) is 0 Å². The molecule has 7 aromatic carbocycles. The summed E-state index contributed by atoms with van der Waals surface area (Å²) in [6, 6.07) is 59.2. The van der Waals surface area contributed by atoms with E-state index < -0.39 is 0 Å². The zero-order chi connectivity index (χ0) is 39.6. The average molecular weight is 749 g/mol. The topological polar surface area (TPSA) is 49.5 Å². The van der Waals surface area contributed by atoms with Gasteiger partial charge in [-0.05, 0) is 95.1 Å². The molecule has 0 spiro atoms. The molecule has 0 unspecified atom stereocenters. The fourth-order valence-electron chi connectivity index (χ4n) is 8.86. The number of hydrogen-bond acceptors (Lipinski definition) is 5. The van der Waals surface area contributed by atoms with Crippen LogP contribution in [-0.4, -0.2) is 15.0 Å². The van der Waals surface area contributed by atoms with Crippen molar-refractivity contribution in [2.45, 2.75) is 38.5 Å². The monoisotopic (exact) mass is 748 g/mol. The molecule has 0 radical (unpaired) electrons. The van der Waals surface area contributed by atoms with E-state index in [1.54, 1.807) is 12.1 Å². The first-order chi connectivity index (χ1) is 28.2. The maximum atomic E-state index is 7.47. The maximum Gasteiger partial charge on any atom is 0.187 e. The fourth-order valence-corrected chi connectivity index (χ4v) is 8.86. The van der Waals surface area contributed by atoms with Crippen molar-refractivity contribution in [3.05, 3.63) is 204 Å². The van der Waals surface area contributed by atoms with Crippen molar-refractivity contribution in [1.82, 2.24) is 15.0 Å². The Hall–Kier alpha value is -7.36. The van der Waals surface area contributed by atoms with Gasteiger partial charge in [0.2, 0.25) is 0 Å². The third-order valence-corrected chi connectivity index (χ3v) is 11.9. The van der Waals surface area contributed by atoms with E-state index in [-0.39, 0.29) is 10.8 Å². The van der Waals surface area contributed by atoms with Gasteiger partial charge in [0.1, 0.15) is 0 Å². The van der Waals surface area contributed by atoms with Crippen LogP contribution < -0.4 is 9.80 Å². The summed E-state index contributed by atoms with van der Waals surface area (Å²) < 4.78 is 0. The SMILES string of the molecule is [C-]#[N+]c1ccc(-c2nc(-c3ccc(N4c5ccccc5C(C)(C)c5ccccc54)cc3)nc(-c3ccc(N4c5ccccc5C(C)(C)c5ccccc54)cc3)n2)cc1. The fraction of sp³-hybridized carbons (Fsp3) is 0.115. The highest BCUT2D eigenvalue weighted by atomic mass is 15.2. The zero-order valence-electron chi connectivity index (χ0n) is 32.8. The Bertz CT molecular complexity index is 2640. The van der Waals surface area contributed by atoms with E-state index >= 15 is 0 Å². The van der Waals surface area contributed by atoms with E-state index in [1.807, 2.05) is 12.1 Å². The van der Waals surface area contributed by atoms with Gasteiger partial charge in [0.05, 0.1) is 29.3 Å². The van der Waals surface area contributed by atoms with E-state index in [9.17, 15) is 0 Å². The van der Waals surface area contributed by atoms with E-state index in [2.05, 4.69) is 188 Å². The summed E-state index contributed by atoms with van der Waals surface area (Å²) in [5.74, 6) is 1.70. The Morgan fingerprint density at radius 3 is 0.948 bits per heavy atom. The van der Waals surface area contributed by atoms with Gasteiger partial charge in [-0.1, -0.05) is 125 Å². The minimum Gasteiger partial charge on any atom is -0.310 e. The third kappa shape index (κ3) is 5.58. The molecule has 0 bridgehead atoms. The highest BCUT2D eigenvalue weighted by molar-refractivity contribution is 5.88. The molecule has 0 N–H and O–H groups in total. The Morgan fingerprint density at radius 1 is 0.379 bits per heavy atom. The van der Waals surface area contributed by atoms with E-state index in [1.165, 1.54) is 45.0 Å². The van der Waals surface area contributed by atoms with Crippen molar-refractivity contribution in [2.75, 3.05) is 9.80 Å². The molecular formula is C52H40N6. The van der Waals surface area contributed by atoms with Crippen LogP contribution in [0.15, 0.2) is 170 Å². The molecule has 0 fully saturated rings. The number of para-hydroxylation sites is 4. The van der Waals surface area contributed by atoms with Crippen LogP contribution in [0.2, 0.25) is 0 Å². The lowest BCUT2D eigenvalue weighted by Crippen LogP contribution is -2.30. The summed E-state index contributed by atoms with van der Waals surface area (Å²) in [6.07, 6.45) is 0. The molecule has 0 saturated heterocycles. The van der Waals surface area contributed by atoms with E-state index in [0.717, 1.165) is 28.1 Å². The molecule has 0 atom stereocenters. The Morgan fingerprint density at radius 2 is 0.655 bits per heavy atom. The molecule has 0 amide bonds. The first-order valence-electron chi connectivity index (χ1n) is 19.7. The van der Waals surface area contributed by atoms with Crippen LogP contribution in [0.4, 0.5) is 39.8 Å². The second-order valence-corrected chi connectivity index (χ2v) is 16.0. The quantitative estimate of drug-likeness (QED) is 0.164. The third-order valence-electron chi connectivity index (χ3n) is 11.9. The number of benzene rings is 7. The first-order valence-corrected chi connectivity index (χ1v) is 19.7. The van der Waals surface area contributed by atoms with Crippen LogP contribution in [-0.2, 0) is 10.8 Å². The summed E-state index contributed by atoms with van der Waals surface area (Å²) >= 11 is 0. The molecule has 58 heavy (non-hydrogen) atoms. The lowest BCUT2D eigenvalue weighted by molar-refractivity contribution is 0.632. The second-order valence-electron chi connectivity index (χ2n) is 16.0. The van der Waals surface area contributed by atoms with Crippen molar-refractivity contribution >= 4 is 39.8 Å². The Balaban J connectivity index is 1.05. The van der Waals surface area contributed by atoms with E-state index in [4.69, 9.17) is 21.5 Å². The van der Waals surface area contributed by atoms with Crippen molar-refractivity contribution in [2.24, 2.45) is 0 Å². The Kier molecular flexibility index (Phi) is 8.10. The number of anilines is 6. The van der Waals surface area contributed by atoms with Crippen LogP contribution in [0.1, 0.15) is 49.9 Å². The molecule has 3 heterocycles. The van der Waals surface area contributed by atoms with Crippen molar-refractivity contribution in [3.8, 4) is 34.2 Å². The van der Waals surface area contributed by atoms with Gasteiger partial charge in [0.15, 0.2) is 23.2 Å². The summed E-state index contributed by atoms with van der Waals surface area (Å²) in [5.41, 5.74) is 14.9. The molecule has 6 heteroatoms. The van der Waals surface area contributed by atoms with Gasteiger partial charge in [-0.15, -0.1) is 0 Å². The molecular weight excluding hydrogens is 709 g/mol. The number of nitrogens with zero attached hydrogens (tertiary/aromatic N) is 6. The molecule has 0 aliphatic carbocycles. The molecule has 278 valence electrons. The molecule has 0 saturated carbocycles. The number of rotatable bonds is 5. The largest absolute Gasteiger partial charge is 0.310 e. The summed E-state index contributed by atoms with van der Waals surface area (Å²) in [4.78, 5) is 23.4. The number of hydrogen-bond donors (Lipinski definition) is 0. The summed E-state index contributed by atoms with van der Waals surface area (Å²) in [5, 5.41) is 0. The average Bonchev–Trinajstić information content (AvgIpc) is 3.27. The highest BCUT2D eigenvalue weighted by Crippen LogP contribution is 2.53. The molecule has 2 aliphatic heterocycles. The highest BCUT2D eigenvalue weighted by Gasteiger charge is 2.37. The van der Waals surface area contributed by atoms with Gasteiger partial charge in [-0.2, -0.15) is 0 Å². The minimum absolute atomic E-state index is 0.133. The predicted octanol–water partition coefficient (Wildman–Crippen LogP) is 13.6. The van der Waals surface area contributed by atoms with Crippen LogP contribution >= 0.6 is 0 Å².